The number of H-pyrrole nitrogens is 1. The van der Waals surface area contributed by atoms with Crippen LogP contribution in [0.2, 0.25) is 0 Å². The topological polar surface area (TPSA) is 83.1 Å². The van der Waals surface area contributed by atoms with Crippen LogP contribution in [0.25, 0.3) is 0 Å². The first-order valence-electron chi connectivity index (χ1n) is 9.75. The maximum Gasteiger partial charge on any atom is 0.321 e. The zero-order chi connectivity index (χ0) is 18.9. The molecule has 7 nitrogen and oxygen atoms in total. The number of aryl methyl sites for hydroxylation is 1. The lowest BCUT2D eigenvalue weighted by molar-refractivity contribution is 0.122. The minimum Gasteiger partial charge on any atom is -0.497 e. The highest BCUT2D eigenvalue weighted by molar-refractivity contribution is 5.89. The minimum absolute atomic E-state index is 0.0682. The minimum atomic E-state index is -0.0682. The van der Waals surface area contributed by atoms with Crippen LogP contribution in [0, 0.1) is 5.41 Å². The molecule has 2 amide bonds. The number of anilines is 1. The summed E-state index contributed by atoms with van der Waals surface area (Å²) in [6, 6.07) is 7.37. The molecule has 1 aromatic carbocycles. The number of likely N-dealkylation sites (tertiary alicyclic amines) is 1. The summed E-state index contributed by atoms with van der Waals surface area (Å²) in [6.45, 7) is 3.57. The molecule has 1 saturated heterocycles. The van der Waals surface area contributed by atoms with Crippen LogP contribution in [0.15, 0.2) is 24.3 Å². The second-order valence-electron chi connectivity index (χ2n) is 7.70. The molecule has 144 valence electrons. The van der Waals surface area contributed by atoms with Gasteiger partial charge in [-0.3, -0.25) is 5.10 Å². The van der Waals surface area contributed by atoms with Gasteiger partial charge >= 0.3 is 6.03 Å². The molecule has 27 heavy (non-hydrogen) atoms. The van der Waals surface area contributed by atoms with E-state index in [0.717, 1.165) is 55.3 Å². The first-order chi connectivity index (χ1) is 13.1. The van der Waals surface area contributed by atoms with E-state index in [1.807, 2.05) is 29.2 Å². The van der Waals surface area contributed by atoms with Crippen molar-refractivity contribution in [2.75, 3.05) is 25.5 Å². The fraction of sp³-hybridized carbons (Fsp3) is 0.550. The Labute approximate surface area is 159 Å². The van der Waals surface area contributed by atoms with Gasteiger partial charge < -0.3 is 15.0 Å². The van der Waals surface area contributed by atoms with Crippen molar-refractivity contribution in [3.63, 3.8) is 0 Å². The second kappa shape index (κ2) is 7.21. The summed E-state index contributed by atoms with van der Waals surface area (Å²) in [5.74, 6) is 2.76. The molecule has 2 fully saturated rings. The highest BCUT2D eigenvalue weighted by atomic mass is 16.5. The summed E-state index contributed by atoms with van der Waals surface area (Å²) >= 11 is 0. The monoisotopic (exact) mass is 369 g/mol. The molecule has 1 unspecified atom stereocenters. The predicted molar refractivity (Wildman–Crippen MR) is 103 cm³/mol. The number of hydrogen-bond donors (Lipinski definition) is 2. The summed E-state index contributed by atoms with van der Waals surface area (Å²) < 4.78 is 5.23. The lowest BCUT2D eigenvalue weighted by Gasteiger charge is -2.41. The SMILES string of the molecule is CCCc1nc(C2CN(C(=O)Nc3cccc(OC)c3)CC23CCC3)n[nH]1. The van der Waals surface area contributed by atoms with Gasteiger partial charge in [-0.05, 0) is 36.8 Å². The number of nitrogens with one attached hydrogen (secondary N) is 2. The van der Waals surface area contributed by atoms with Crippen molar-refractivity contribution in [3.8, 4) is 5.75 Å². The van der Waals surface area contributed by atoms with E-state index in [-0.39, 0.29) is 17.4 Å². The summed E-state index contributed by atoms with van der Waals surface area (Å²) in [4.78, 5) is 19.5. The van der Waals surface area contributed by atoms with Crippen LogP contribution < -0.4 is 10.1 Å². The Hall–Kier alpha value is -2.57. The fourth-order valence-corrected chi connectivity index (χ4v) is 4.33. The summed E-state index contributed by atoms with van der Waals surface area (Å²) in [7, 11) is 1.62. The van der Waals surface area contributed by atoms with Crippen LogP contribution in [-0.4, -0.2) is 46.3 Å². The van der Waals surface area contributed by atoms with Crippen molar-refractivity contribution in [2.24, 2.45) is 5.41 Å². The van der Waals surface area contributed by atoms with E-state index < -0.39 is 0 Å². The Kier molecular flexibility index (Phi) is 4.76. The summed E-state index contributed by atoms with van der Waals surface area (Å²) in [6.07, 6.45) is 5.44. The first-order valence-corrected chi connectivity index (χ1v) is 9.75. The molecule has 2 aliphatic rings. The summed E-state index contributed by atoms with van der Waals surface area (Å²) in [5.41, 5.74) is 0.880. The predicted octanol–water partition coefficient (Wildman–Crippen LogP) is 3.57. The van der Waals surface area contributed by atoms with Crippen molar-refractivity contribution in [1.29, 1.82) is 0 Å². The lowest BCUT2D eigenvalue weighted by atomic mass is 9.62. The highest BCUT2D eigenvalue weighted by Gasteiger charge is 2.53. The molecule has 1 aliphatic heterocycles. The number of nitrogens with zero attached hydrogens (tertiary/aromatic N) is 3. The molecule has 1 aromatic heterocycles. The Morgan fingerprint density at radius 1 is 1.44 bits per heavy atom. The number of urea groups is 1. The number of amides is 2. The van der Waals surface area contributed by atoms with Gasteiger partial charge in [0.05, 0.1) is 7.11 Å². The third-order valence-electron chi connectivity index (χ3n) is 5.95. The molecule has 1 atom stereocenters. The number of rotatable bonds is 5. The molecule has 1 saturated carbocycles. The van der Waals surface area contributed by atoms with E-state index in [9.17, 15) is 4.79 Å². The van der Waals surface area contributed by atoms with Crippen molar-refractivity contribution < 1.29 is 9.53 Å². The van der Waals surface area contributed by atoms with Gasteiger partial charge in [0.2, 0.25) is 0 Å². The van der Waals surface area contributed by atoms with Gasteiger partial charge in [-0.15, -0.1) is 0 Å². The van der Waals surface area contributed by atoms with Gasteiger partial charge in [-0.1, -0.05) is 19.4 Å². The Morgan fingerprint density at radius 3 is 3.00 bits per heavy atom. The van der Waals surface area contributed by atoms with Crippen molar-refractivity contribution in [1.82, 2.24) is 20.1 Å². The normalized spacial score (nSPS) is 20.5. The fourth-order valence-electron chi connectivity index (χ4n) is 4.33. The summed E-state index contributed by atoms with van der Waals surface area (Å²) in [5, 5.41) is 10.6. The van der Waals surface area contributed by atoms with Crippen LogP contribution in [0.3, 0.4) is 0 Å². The number of carbonyl (C=O) groups excluding carboxylic acids is 1. The van der Waals surface area contributed by atoms with Crippen LogP contribution in [0.1, 0.15) is 50.2 Å². The van der Waals surface area contributed by atoms with Gasteiger partial charge in [0.15, 0.2) is 5.82 Å². The van der Waals surface area contributed by atoms with E-state index in [1.165, 1.54) is 6.42 Å². The average Bonchev–Trinajstić information content (AvgIpc) is 3.26. The average molecular weight is 369 g/mol. The van der Waals surface area contributed by atoms with Crippen LogP contribution >= 0.6 is 0 Å². The molecule has 0 bridgehead atoms. The molecule has 2 heterocycles. The number of hydrogen-bond acceptors (Lipinski definition) is 4. The van der Waals surface area contributed by atoms with Crippen LogP contribution in [0.4, 0.5) is 10.5 Å². The van der Waals surface area contributed by atoms with Gasteiger partial charge in [-0.2, -0.15) is 5.10 Å². The Bertz CT molecular complexity index is 814. The van der Waals surface area contributed by atoms with Crippen LogP contribution in [0.5, 0.6) is 5.75 Å². The van der Waals surface area contributed by atoms with E-state index in [2.05, 4.69) is 22.4 Å². The first kappa shape index (κ1) is 17.8. The number of methoxy groups -OCH3 is 1. The zero-order valence-electron chi connectivity index (χ0n) is 16.0. The van der Waals surface area contributed by atoms with Gasteiger partial charge in [0.1, 0.15) is 11.6 Å². The van der Waals surface area contributed by atoms with Crippen molar-refractivity contribution in [2.45, 2.75) is 44.9 Å². The molecule has 4 rings (SSSR count). The maximum atomic E-state index is 12.9. The third kappa shape index (κ3) is 3.38. The molecule has 2 N–H and O–H groups in total. The zero-order valence-corrected chi connectivity index (χ0v) is 16.0. The smallest absolute Gasteiger partial charge is 0.321 e. The molecule has 1 spiro atoms. The molecule has 0 radical (unpaired) electrons. The van der Waals surface area contributed by atoms with E-state index in [1.54, 1.807) is 7.11 Å². The largest absolute Gasteiger partial charge is 0.497 e. The third-order valence-corrected chi connectivity index (χ3v) is 5.95. The van der Waals surface area contributed by atoms with Crippen molar-refractivity contribution in [3.05, 3.63) is 35.9 Å². The Morgan fingerprint density at radius 2 is 2.30 bits per heavy atom. The number of benzene rings is 1. The number of ether oxygens (including phenoxy) is 1. The van der Waals surface area contributed by atoms with Crippen LogP contribution in [-0.2, 0) is 6.42 Å². The van der Waals surface area contributed by atoms with Gasteiger partial charge in [-0.25, -0.2) is 9.78 Å². The van der Waals surface area contributed by atoms with E-state index in [4.69, 9.17) is 9.72 Å². The number of carbonyl (C=O) groups is 1. The Balaban J connectivity index is 1.48. The van der Waals surface area contributed by atoms with Gasteiger partial charge in [0, 0.05) is 37.2 Å². The molecular weight excluding hydrogens is 342 g/mol. The number of aromatic amines is 1. The van der Waals surface area contributed by atoms with E-state index >= 15 is 0 Å². The van der Waals surface area contributed by atoms with Gasteiger partial charge in [0.25, 0.3) is 0 Å². The second-order valence-corrected chi connectivity index (χ2v) is 7.70. The lowest BCUT2D eigenvalue weighted by Crippen LogP contribution is -2.39. The molecule has 1 aliphatic carbocycles. The highest BCUT2D eigenvalue weighted by Crippen LogP contribution is 2.55. The van der Waals surface area contributed by atoms with E-state index in [0.29, 0.717) is 6.54 Å². The maximum absolute atomic E-state index is 12.9. The van der Waals surface area contributed by atoms with Crippen molar-refractivity contribution >= 4 is 11.7 Å². The molecular formula is C20H27N5O2. The molecule has 7 heteroatoms. The quantitative estimate of drug-likeness (QED) is 0.844. The standard InChI is InChI=1S/C20H27N5O2/c1-3-6-17-22-18(24-23-17)16-12-25(13-20(16)9-5-10-20)19(26)21-14-7-4-8-15(11-14)27-2/h4,7-8,11,16H,3,5-6,9-10,12-13H2,1-2H3,(H,21,26)(H,22,23,24). The molecule has 2 aromatic rings. The number of aromatic nitrogens is 3.